The third-order valence-corrected chi connectivity index (χ3v) is 4.60. The van der Waals surface area contributed by atoms with Gasteiger partial charge in [-0.1, -0.05) is 36.7 Å². The second-order valence-electron chi connectivity index (χ2n) is 4.76. The van der Waals surface area contributed by atoms with Gasteiger partial charge in [-0.3, -0.25) is 0 Å². The van der Waals surface area contributed by atoms with Gasteiger partial charge < -0.3 is 5.32 Å². The summed E-state index contributed by atoms with van der Waals surface area (Å²) in [5.41, 5.74) is 3.79. The molecule has 0 saturated heterocycles. The molecule has 0 spiro atoms. The molecule has 0 saturated carbocycles. The van der Waals surface area contributed by atoms with Crippen molar-refractivity contribution in [2.24, 2.45) is 0 Å². The average molecular weight is 294 g/mol. The topological polar surface area (TPSA) is 12.0 Å². The molecule has 0 bridgehead atoms. The first-order valence-electron chi connectivity index (χ1n) is 6.71. The molecular formula is C16H20ClNS. The largest absolute Gasteiger partial charge is 0.310 e. The van der Waals surface area contributed by atoms with E-state index >= 15 is 0 Å². The lowest BCUT2D eigenvalue weighted by atomic mass is 9.98. The van der Waals surface area contributed by atoms with Crippen molar-refractivity contribution in [2.75, 3.05) is 6.54 Å². The molecule has 0 amide bonds. The van der Waals surface area contributed by atoms with Crippen LogP contribution in [0.5, 0.6) is 0 Å². The zero-order chi connectivity index (χ0) is 13.7. The number of aryl methyl sites for hydroxylation is 2. The van der Waals surface area contributed by atoms with Crippen LogP contribution in [-0.4, -0.2) is 6.54 Å². The molecule has 1 aromatic carbocycles. The van der Waals surface area contributed by atoms with Gasteiger partial charge in [-0.05, 0) is 59.8 Å². The van der Waals surface area contributed by atoms with Gasteiger partial charge in [0.05, 0.1) is 0 Å². The molecule has 2 rings (SSSR count). The van der Waals surface area contributed by atoms with Crippen molar-refractivity contribution >= 4 is 22.9 Å². The van der Waals surface area contributed by atoms with E-state index in [1.165, 1.54) is 11.1 Å². The van der Waals surface area contributed by atoms with E-state index in [-0.39, 0.29) is 0 Å². The summed E-state index contributed by atoms with van der Waals surface area (Å²) in [6, 6.07) is 8.82. The minimum absolute atomic E-state index is 0.331. The molecule has 1 unspecified atom stereocenters. The van der Waals surface area contributed by atoms with E-state index in [1.54, 1.807) is 11.3 Å². The first kappa shape index (κ1) is 14.6. The molecule has 102 valence electrons. The molecule has 1 atom stereocenters. The fourth-order valence-corrected chi connectivity index (χ4v) is 3.26. The summed E-state index contributed by atoms with van der Waals surface area (Å²) in [5, 5.41) is 8.81. The predicted octanol–water partition coefficient (Wildman–Crippen LogP) is 4.99. The molecule has 2 aromatic rings. The van der Waals surface area contributed by atoms with Gasteiger partial charge in [0.25, 0.3) is 0 Å². The quantitative estimate of drug-likeness (QED) is 0.791. The highest BCUT2D eigenvalue weighted by Crippen LogP contribution is 2.29. The summed E-state index contributed by atoms with van der Waals surface area (Å²) >= 11 is 8.21. The summed E-state index contributed by atoms with van der Waals surface area (Å²) < 4.78 is 0. The highest BCUT2D eigenvalue weighted by Gasteiger charge is 2.14. The molecule has 1 N–H and O–H groups in total. The molecule has 1 aromatic heterocycles. The summed E-state index contributed by atoms with van der Waals surface area (Å²) in [7, 11) is 0. The third kappa shape index (κ3) is 3.82. The zero-order valence-electron chi connectivity index (χ0n) is 11.4. The number of thiophene rings is 1. The zero-order valence-corrected chi connectivity index (χ0v) is 13.0. The fraction of sp³-hybridized carbons (Fsp3) is 0.375. The molecule has 1 nitrogen and oxygen atoms in total. The second-order valence-corrected chi connectivity index (χ2v) is 5.92. The van der Waals surface area contributed by atoms with E-state index in [1.807, 2.05) is 0 Å². The van der Waals surface area contributed by atoms with Crippen molar-refractivity contribution in [3.05, 3.63) is 56.7 Å². The monoisotopic (exact) mass is 293 g/mol. The maximum Gasteiger partial charge on any atom is 0.0482 e. The van der Waals surface area contributed by atoms with Crippen LogP contribution >= 0.6 is 22.9 Å². The van der Waals surface area contributed by atoms with Crippen LogP contribution in [0.25, 0.3) is 0 Å². The predicted molar refractivity (Wildman–Crippen MR) is 85.2 cm³/mol. The molecule has 0 aliphatic carbocycles. The molecule has 3 heteroatoms. The third-order valence-electron chi connectivity index (χ3n) is 3.35. The Hall–Kier alpha value is -0.830. The maximum absolute atomic E-state index is 6.45. The fourth-order valence-electron chi connectivity index (χ4n) is 2.30. The van der Waals surface area contributed by atoms with Crippen molar-refractivity contribution in [3.63, 3.8) is 0 Å². The van der Waals surface area contributed by atoms with Crippen molar-refractivity contribution < 1.29 is 0 Å². The molecular weight excluding hydrogens is 274 g/mol. The van der Waals surface area contributed by atoms with Gasteiger partial charge in [0.15, 0.2) is 0 Å². The van der Waals surface area contributed by atoms with E-state index < -0.39 is 0 Å². The van der Waals surface area contributed by atoms with Gasteiger partial charge in [0, 0.05) is 11.1 Å². The number of hydrogen-bond donors (Lipinski definition) is 1. The molecule has 19 heavy (non-hydrogen) atoms. The smallest absolute Gasteiger partial charge is 0.0482 e. The normalized spacial score (nSPS) is 12.6. The van der Waals surface area contributed by atoms with Gasteiger partial charge in [0.2, 0.25) is 0 Å². The van der Waals surface area contributed by atoms with E-state index in [0.29, 0.717) is 6.04 Å². The van der Waals surface area contributed by atoms with Gasteiger partial charge in [-0.25, -0.2) is 0 Å². The lowest BCUT2D eigenvalue weighted by Gasteiger charge is -2.20. The number of nitrogens with one attached hydrogen (secondary N) is 1. The van der Waals surface area contributed by atoms with Crippen molar-refractivity contribution in [2.45, 2.75) is 32.7 Å². The molecule has 0 radical (unpaired) electrons. The second kappa shape index (κ2) is 7.09. The molecule has 0 fully saturated rings. The summed E-state index contributed by atoms with van der Waals surface area (Å²) in [6.45, 7) is 5.16. The maximum atomic E-state index is 6.45. The van der Waals surface area contributed by atoms with Crippen LogP contribution < -0.4 is 5.32 Å². The Bertz CT molecular complexity index is 507. The van der Waals surface area contributed by atoms with Crippen LogP contribution in [0.15, 0.2) is 35.0 Å². The van der Waals surface area contributed by atoms with Gasteiger partial charge >= 0.3 is 0 Å². The number of rotatable bonds is 6. The van der Waals surface area contributed by atoms with Crippen molar-refractivity contribution in [1.82, 2.24) is 5.32 Å². The lowest BCUT2D eigenvalue weighted by Crippen LogP contribution is -2.22. The number of benzene rings is 1. The van der Waals surface area contributed by atoms with E-state index in [9.17, 15) is 0 Å². The molecule has 1 heterocycles. The minimum Gasteiger partial charge on any atom is -0.310 e. The SMILES string of the molecule is CCNC(CCc1ccsc1)c1cccc(C)c1Cl. The van der Waals surface area contributed by atoms with Crippen molar-refractivity contribution in [3.8, 4) is 0 Å². The van der Waals surface area contributed by atoms with E-state index in [0.717, 1.165) is 30.0 Å². The van der Waals surface area contributed by atoms with Crippen LogP contribution in [0.3, 0.4) is 0 Å². The Morgan fingerprint density at radius 3 is 2.84 bits per heavy atom. The van der Waals surface area contributed by atoms with Crippen LogP contribution in [0.4, 0.5) is 0 Å². The molecule has 0 aliphatic heterocycles. The molecule has 0 aliphatic rings. The van der Waals surface area contributed by atoms with Gasteiger partial charge in [-0.2, -0.15) is 11.3 Å². The Balaban J connectivity index is 2.12. The highest BCUT2D eigenvalue weighted by atomic mass is 35.5. The average Bonchev–Trinajstić information content (AvgIpc) is 2.91. The van der Waals surface area contributed by atoms with Gasteiger partial charge in [-0.15, -0.1) is 0 Å². The first-order valence-corrected chi connectivity index (χ1v) is 8.04. The standard InChI is InChI=1S/C16H20ClNS/c1-3-18-15(8-7-13-9-10-19-11-13)14-6-4-5-12(2)16(14)17/h4-6,9-11,15,18H,3,7-8H2,1-2H3. The lowest BCUT2D eigenvalue weighted by molar-refractivity contribution is 0.515. The number of halogens is 1. The van der Waals surface area contributed by atoms with E-state index in [4.69, 9.17) is 11.6 Å². The first-order chi connectivity index (χ1) is 9.22. The van der Waals surface area contributed by atoms with Crippen molar-refractivity contribution in [1.29, 1.82) is 0 Å². The van der Waals surface area contributed by atoms with Crippen LogP contribution in [0.1, 0.15) is 36.1 Å². The van der Waals surface area contributed by atoms with Gasteiger partial charge in [0.1, 0.15) is 0 Å². The van der Waals surface area contributed by atoms with E-state index in [2.05, 4.69) is 54.2 Å². The Morgan fingerprint density at radius 1 is 1.32 bits per heavy atom. The van der Waals surface area contributed by atoms with Crippen LogP contribution in [-0.2, 0) is 6.42 Å². The Kier molecular flexibility index (Phi) is 5.44. The Morgan fingerprint density at radius 2 is 2.16 bits per heavy atom. The van der Waals surface area contributed by atoms with Crippen LogP contribution in [0.2, 0.25) is 5.02 Å². The van der Waals surface area contributed by atoms with Crippen LogP contribution in [0, 0.1) is 6.92 Å². The Labute approximate surface area is 124 Å². The summed E-state index contributed by atoms with van der Waals surface area (Å²) in [4.78, 5) is 0. The number of hydrogen-bond acceptors (Lipinski definition) is 2. The summed E-state index contributed by atoms with van der Waals surface area (Å²) in [5.74, 6) is 0. The minimum atomic E-state index is 0.331. The highest BCUT2D eigenvalue weighted by molar-refractivity contribution is 7.07. The summed E-state index contributed by atoms with van der Waals surface area (Å²) in [6.07, 6.45) is 2.17.